The molecule has 2 atom stereocenters. The molecule has 0 N–H and O–H groups in total. The summed E-state index contributed by atoms with van der Waals surface area (Å²) < 4.78 is 0. The van der Waals surface area contributed by atoms with E-state index < -0.39 is 0 Å². The maximum absolute atomic E-state index is 2.58. The van der Waals surface area contributed by atoms with Crippen LogP contribution < -0.4 is 4.90 Å². The molecule has 1 nitrogen and oxygen atoms in total. The van der Waals surface area contributed by atoms with Crippen LogP contribution in [0, 0.1) is 5.92 Å². The average molecular weight is 756 g/mol. The van der Waals surface area contributed by atoms with Crippen LogP contribution in [0.4, 0.5) is 11.4 Å². The number of rotatable bonds is 4. The SMILES string of the molecule is CC1(C)c2cc(-c3ccccc3)ccc2N(c2ccc(-c3ccccc3)cc2)C2=CC=C(c3ccc4c(c3)C3(C5=C(CCC=C5)c5ccccc53)c3ccccc3-4)CC21. The minimum Gasteiger partial charge on any atom is -0.314 e. The van der Waals surface area contributed by atoms with Crippen molar-refractivity contribution >= 4 is 22.5 Å². The fourth-order valence-electron chi connectivity index (χ4n) is 11.4. The lowest BCUT2D eigenvalue weighted by molar-refractivity contribution is 0.353. The Bertz CT molecular complexity index is 2970. The zero-order valence-electron chi connectivity index (χ0n) is 33.6. The van der Waals surface area contributed by atoms with Crippen LogP contribution in [0.2, 0.25) is 0 Å². The lowest BCUT2D eigenvalue weighted by Crippen LogP contribution is -2.42. The van der Waals surface area contributed by atoms with E-state index in [1.54, 1.807) is 0 Å². The highest BCUT2D eigenvalue weighted by atomic mass is 15.2. The normalized spacial score (nSPS) is 20.2. The van der Waals surface area contributed by atoms with Crippen LogP contribution in [0.15, 0.2) is 205 Å². The first kappa shape index (κ1) is 34.4. The lowest BCUT2D eigenvalue weighted by atomic mass is 9.64. The second-order valence-corrected chi connectivity index (χ2v) is 17.5. The summed E-state index contributed by atoms with van der Waals surface area (Å²) in [7, 11) is 0. The van der Waals surface area contributed by atoms with Gasteiger partial charge in [0.2, 0.25) is 0 Å². The van der Waals surface area contributed by atoms with Crippen LogP contribution in [0.1, 0.15) is 66.5 Å². The molecule has 5 aliphatic rings. The molecule has 7 aromatic rings. The molecule has 2 unspecified atom stereocenters. The molecule has 1 spiro atoms. The molecule has 59 heavy (non-hydrogen) atoms. The summed E-state index contributed by atoms with van der Waals surface area (Å²) >= 11 is 0. The highest BCUT2D eigenvalue weighted by Crippen LogP contribution is 2.64. The Morgan fingerprint density at radius 2 is 1.10 bits per heavy atom. The van der Waals surface area contributed by atoms with Crippen LogP contribution in [-0.4, -0.2) is 0 Å². The maximum Gasteiger partial charge on any atom is 0.0722 e. The molecular formula is C58H45N. The van der Waals surface area contributed by atoms with E-state index in [0.29, 0.717) is 0 Å². The van der Waals surface area contributed by atoms with Gasteiger partial charge in [-0.3, -0.25) is 0 Å². The molecule has 0 saturated heterocycles. The van der Waals surface area contributed by atoms with Gasteiger partial charge in [0.25, 0.3) is 0 Å². The molecular weight excluding hydrogens is 711 g/mol. The third-order valence-electron chi connectivity index (χ3n) is 14.3. The van der Waals surface area contributed by atoms with Gasteiger partial charge in [-0.15, -0.1) is 0 Å². The number of hydrogen-bond acceptors (Lipinski definition) is 1. The second kappa shape index (κ2) is 12.9. The molecule has 0 radical (unpaired) electrons. The van der Waals surface area contributed by atoms with Gasteiger partial charge in [-0.05, 0) is 139 Å². The number of anilines is 2. The van der Waals surface area contributed by atoms with Crippen LogP contribution in [0.5, 0.6) is 0 Å². The molecule has 0 amide bonds. The summed E-state index contributed by atoms with van der Waals surface area (Å²) in [5.74, 6) is 0.261. The fourth-order valence-corrected chi connectivity index (χ4v) is 11.4. The standard InChI is InChI=1S/C58H45N/c1-57(2)53-36-41(39-17-7-4-8-18-39)28-33-55(53)59(44-30-25-40(26-31-44)38-15-5-3-6-16-38)56-34-29-43(37-54(56)57)42-27-32-48-47-21-11-14-24-51(47)58(52(48)35-42)49-22-12-9-19-45(49)46-20-10-13-23-50(46)58/h3-9,11-19,21-36,54H,10,20,37H2,1-2H3. The number of nitrogens with zero attached hydrogens (tertiary/aromatic N) is 1. The minimum absolute atomic E-state index is 0.128. The molecule has 0 bridgehead atoms. The predicted octanol–water partition coefficient (Wildman–Crippen LogP) is 14.9. The zero-order chi connectivity index (χ0) is 39.3. The van der Waals surface area contributed by atoms with E-state index in [-0.39, 0.29) is 16.7 Å². The first-order valence-electron chi connectivity index (χ1n) is 21.3. The van der Waals surface area contributed by atoms with Crippen LogP contribution in [-0.2, 0) is 10.8 Å². The molecule has 1 aliphatic heterocycles. The molecule has 12 rings (SSSR count). The Morgan fingerprint density at radius 3 is 1.86 bits per heavy atom. The van der Waals surface area contributed by atoms with E-state index in [0.717, 1.165) is 19.3 Å². The van der Waals surface area contributed by atoms with Crippen LogP contribution >= 0.6 is 0 Å². The van der Waals surface area contributed by atoms with Gasteiger partial charge in [-0.1, -0.05) is 172 Å². The summed E-state index contributed by atoms with van der Waals surface area (Å²) in [4.78, 5) is 2.55. The van der Waals surface area contributed by atoms with Gasteiger partial charge in [0.1, 0.15) is 0 Å². The Balaban J connectivity index is 1.01. The smallest absolute Gasteiger partial charge is 0.0722 e. The minimum atomic E-state index is -0.305. The Labute approximate surface area is 348 Å². The lowest BCUT2D eigenvalue weighted by Gasteiger charge is -2.49. The van der Waals surface area contributed by atoms with E-state index in [1.165, 1.54) is 101 Å². The molecule has 0 fully saturated rings. The Morgan fingerprint density at radius 1 is 0.508 bits per heavy atom. The quantitative estimate of drug-likeness (QED) is 0.173. The van der Waals surface area contributed by atoms with Gasteiger partial charge in [-0.25, -0.2) is 0 Å². The Hall–Kier alpha value is -6.70. The van der Waals surface area contributed by atoms with Gasteiger partial charge in [0.15, 0.2) is 0 Å². The third kappa shape index (κ3) is 4.91. The average Bonchev–Trinajstić information content (AvgIpc) is 3.77. The van der Waals surface area contributed by atoms with Crippen LogP contribution in [0.25, 0.3) is 44.5 Å². The number of allylic oxidation sites excluding steroid dienone is 8. The van der Waals surface area contributed by atoms with E-state index in [4.69, 9.17) is 0 Å². The molecule has 1 heteroatoms. The highest BCUT2D eigenvalue weighted by molar-refractivity contribution is 5.97. The molecule has 7 aromatic carbocycles. The van der Waals surface area contributed by atoms with Gasteiger partial charge in [0, 0.05) is 28.4 Å². The summed E-state index contributed by atoms with van der Waals surface area (Å²) in [6.45, 7) is 4.95. The van der Waals surface area contributed by atoms with Gasteiger partial charge >= 0.3 is 0 Å². The van der Waals surface area contributed by atoms with Gasteiger partial charge in [0.05, 0.1) is 5.41 Å². The van der Waals surface area contributed by atoms with E-state index in [2.05, 4.69) is 213 Å². The maximum atomic E-state index is 2.58. The Kier molecular flexibility index (Phi) is 7.51. The molecule has 1 heterocycles. The van der Waals surface area contributed by atoms with Crippen molar-refractivity contribution in [2.45, 2.75) is 43.9 Å². The van der Waals surface area contributed by atoms with Gasteiger partial charge in [-0.2, -0.15) is 0 Å². The van der Waals surface area contributed by atoms with E-state index in [1.807, 2.05) is 0 Å². The fraction of sp³-hybridized carbons (Fsp3) is 0.138. The van der Waals surface area contributed by atoms with Crippen molar-refractivity contribution in [1.29, 1.82) is 0 Å². The van der Waals surface area contributed by atoms with Crippen molar-refractivity contribution in [3.63, 3.8) is 0 Å². The number of fused-ring (bicyclic) bond motifs is 11. The van der Waals surface area contributed by atoms with Crippen molar-refractivity contribution in [1.82, 2.24) is 0 Å². The largest absolute Gasteiger partial charge is 0.314 e. The van der Waals surface area contributed by atoms with Crippen molar-refractivity contribution in [3.8, 4) is 33.4 Å². The van der Waals surface area contributed by atoms with E-state index >= 15 is 0 Å². The topological polar surface area (TPSA) is 3.24 Å². The summed E-state index contributed by atoms with van der Waals surface area (Å²) in [6, 6.07) is 63.7. The van der Waals surface area contributed by atoms with E-state index in [9.17, 15) is 0 Å². The molecule has 4 aliphatic carbocycles. The monoisotopic (exact) mass is 755 g/mol. The first-order chi connectivity index (χ1) is 29.0. The van der Waals surface area contributed by atoms with Gasteiger partial charge < -0.3 is 4.90 Å². The molecule has 282 valence electrons. The summed E-state index contributed by atoms with van der Waals surface area (Å²) in [5, 5.41) is 0. The first-order valence-corrected chi connectivity index (χ1v) is 21.3. The van der Waals surface area contributed by atoms with Crippen molar-refractivity contribution < 1.29 is 0 Å². The highest BCUT2D eigenvalue weighted by Gasteiger charge is 2.52. The molecule has 0 aromatic heterocycles. The molecule has 0 saturated carbocycles. The van der Waals surface area contributed by atoms with Crippen molar-refractivity contribution in [2.75, 3.05) is 4.90 Å². The van der Waals surface area contributed by atoms with Crippen molar-refractivity contribution in [3.05, 3.63) is 239 Å². The summed E-state index contributed by atoms with van der Waals surface area (Å²) in [5.41, 5.74) is 24.0. The zero-order valence-corrected chi connectivity index (χ0v) is 33.6. The van der Waals surface area contributed by atoms with Crippen LogP contribution in [0.3, 0.4) is 0 Å². The predicted molar refractivity (Wildman–Crippen MR) is 247 cm³/mol. The second-order valence-electron chi connectivity index (χ2n) is 17.5. The number of benzene rings is 7. The number of hydrogen-bond donors (Lipinski definition) is 0. The van der Waals surface area contributed by atoms with Crippen molar-refractivity contribution in [2.24, 2.45) is 5.92 Å². The summed E-state index contributed by atoms with van der Waals surface area (Å²) in [6.07, 6.45) is 12.9. The third-order valence-corrected chi connectivity index (χ3v) is 14.3.